The molecule has 1 aromatic carbocycles. The zero-order valence-electron chi connectivity index (χ0n) is 12.2. The van der Waals surface area contributed by atoms with Crippen molar-refractivity contribution >= 4 is 11.9 Å². The largest absolute Gasteiger partial charge is 0.492 e. The lowest BCUT2D eigenvalue weighted by atomic mass is 9.91. The fraction of sp³-hybridized carbons (Fsp3) is 0.500. The molecule has 2 atom stereocenters. The number of benzene rings is 1. The number of carboxylic acid groups (broad SMARTS) is 1. The summed E-state index contributed by atoms with van der Waals surface area (Å²) in [7, 11) is 0. The van der Waals surface area contributed by atoms with Crippen molar-refractivity contribution in [3.63, 3.8) is 0 Å². The molecule has 0 radical (unpaired) electrons. The normalized spacial score (nSPS) is 26.8. The second kappa shape index (κ2) is 5.96. The molecule has 0 saturated carbocycles. The smallest absolute Gasteiger partial charge is 0.305 e. The molecule has 0 aromatic heterocycles. The topological polar surface area (TPSA) is 84.9 Å². The SMILES string of the molecule is O=C(O)CC1(NC(=O)C2COc3ccccc3C2)CCOC1. The number of fused-ring (bicyclic) bond motifs is 1. The summed E-state index contributed by atoms with van der Waals surface area (Å²) in [6.07, 6.45) is 1.00. The first kappa shape index (κ1) is 14.8. The second-order valence-corrected chi connectivity index (χ2v) is 5.96. The van der Waals surface area contributed by atoms with Crippen LogP contribution in [0.2, 0.25) is 0 Å². The quantitative estimate of drug-likeness (QED) is 0.866. The van der Waals surface area contributed by atoms with Crippen LogP contribution in [0.4, 0.5) is 0 Å². The Kier molecular flexibility index (Phi) is 4.02. The first-order valence-corrected chi connectivity index (χ1v) is 7.40. The van der Waals surface area contributed by atoms with E-state index in [9.17, 15) is 9.59 Å². The zero-order chi connectivity index (χ0) is 15.6. The van der Waals surface area contributed by atoms with Gasteiger partial charge in [0, 0.05) is 6.61 Å². The fourth-order valence-corrected chi connectivity index (χ4v) is 3.04. The zero-order valence-corrected chi connectivity index (χ0v) is 12.2. The number of ether oxygens (including phenoxy) is 2. The molecule has 1 amide bonds. The third-order valence-electron chi connectivity index (χ3n) is 4.23. The summed E-state index contributed by atoms with van der Waals surface area (Å²) in [5.41, 5.74) is 0.212. The monoisotopic (exact) mass is 305 g/mol. The molecule has 2 aliphatic heterocycles. The number of carbonyl (C=O) groups is 2. The van der Waals surface area contributed by atoms with Crippen molar-refractivity contribution in [2.75, 3.05) is 19.8 Å². The lowest BCUT2D eigenvalue weighted by molar-refractivity contribution is -0.139. The predicted octanol–water partition coefficient (Wildman–Crippen LogP) is 0.988. The van der Waals surface area contributed by atoms with Gasteiger partial charge in [-0.1, -0.05) is 18.2 Å². The Labute approximate surface area is 128 Å². The number of hydrogen-bond donors (Lipinski definition) is 2. The number of carboxylic acids is 1. The molecule has 6 nitrogen and oxygen atoms in total. The Hall–Kier alpha value is -2.08. The maximum absolute atomic E-state index is 12.5. The number of rotatable bonds is 4. The number of amides is 1. The van der Waals surface area contributed by atoms with Crippen LogP contribution in [-0.2, 0) is 20.7 Å². The summed E-state index contributed by atoms with van der Waals surface area (Å²) >= 11 is 0. The average Bonchev–Trinajstić information content (AvgIpc) is 2.94. The molecule has 2 heterocycles. The number of hydrogen-bond acceptors (Lipinski definition) is 4. The Balaban J connectivity index is 1.68. The van der Waals surface area contributed by atoms with E-state index in [1.54, 1.807) is 0 Å². The Morgan fingerprint density at radius 2 is 2.18 bits per heavy atom. The Morgan fingerprint density at radius 3 is 2.91 bits per heavy atom. The molecule has 1 saturated heterocycles. The van der Waals surface area contributed by atoms with Crippen molar-refractivity contribution in [1.29, 1.82) is 0 Å². The van der Waals surface area contributed by atoms with Crippen LogP contribution in [0.25, 0.3) is 0 Å². The van der Waals surface area contributed by atoms with Crippen LogP contribution in [0, 0.1) is 5.92 Å². The van der Waals surface area contributed by atoms with Crippen molar-refractivity contribution in [2.45, 2.75) is 24.8 Å². The molecule has 1 aromatic rings. The molecule has 0 bridgehead atoms. The molecule has 118 valence electrons. The van der Waals surface area contributed by atoms with E-state index in [4.69, 9.17) is 14.6 Å². The van der Waals surface area contributed by atoms with E-state index in [1.165, 1.54) is 0 Å². The molecular weight excluding hydrogens is 286 g/mol. The van der Waals surface area contributed by atoms with Crippen molar-refractivity contribution in [3.05, 3.63) is 29.8 Å². The molecule has 1 fully saturated rings. The van der Waals surface area contributed by atoms with Gasteiger partial charge in [-0.25, -0.2) is 0 Å². The summed E-state index contributed by atoms with van der Waals surface area (Å²) in [6, 6.07) is 7.65. The van der Waals surface area contributed by atoms with E-state index >= 15 is 0 Å². The Bertz CT molecular complexity index is 580. The summed E-state index contributed by atoms with van der Waals surface area (Å²) in [5, 5.41) is 12.0. The van der Waals surface area contributed by atoms with Crippen LogP contribution in [0.15, 0.2) is 24.3 Å². The van der Waals surface area contributed by atoms with Gasteiger partial charge in [-0.05, 0) is 24.5 Å². The first-order chi connectivity index (χ1) is 10.6. The maximum atomic E-state index is 12.5. The van der Waals surface area contributed by atoms with Crippen molar-refractivity contribution in [1.82, 2.24) is 5.32 Å². The van der Waals surface area contributed by atoms with Crippen LogP contribution < -0.4 is 10.1 Å². The highest BCUT2D eigenvalue weighted by molar-refractivity contribution is 5.81. The molecular formula is C16H19NO5. The van der Waals surface area contributed by atoms with Gasteiger partial charge in [-0.2, -0.15) is 0 Å². The first-order valence-electron chi connectivity index (χ1n) is 7.40. The average molecular weight is 305 g/mol. The molecule has 22 heavy (non-hydrogen) atoms. The lowest BCUT2D eigenvalue weighted by Gasteiger charge is -2.31. The lowest BCUT2D eigenvalue weighted by Crippen LogP contribution is -2.53. The van der Waals surface area contributed by atoms with Crippen LogP contribution >= 0.6 is 0 Å². The van der Waals surface area contributed by atoms with Crippen LogP contribution in [-0.4, -0.2) is 42.3 Å². The van der Waals surface area contributed by atoms with Crippen molar-refractivity contribution in [2.24, 2.45) is 5.92 Å². The van der Waals surface area contributed by atoms with Gasteiger partial charge in [-0.15, -0.1) is 0 Å². The van der Waals surface area contributed by atoms with Gasteiger partial charge in [0.15, 0.2) is 0 Å². The predicted molar refractivity (Wildman–Crippen MR) is 77.7 cm³/mol. The van der Waals surface area contributed by atoms with Crippen LogP contribution in [0.5, 0.6) is 5.75 Å². The molecule has 2 unspecified atom stereocenters. The minimum atomic E-state index is -0.934. The van der Waals surface area contributed by atoms with E-state index in [2.05, 4.69) is 5.32 Å². The fourth-order valence-electron chi connectivity index (χ4n) is 3.04. The highest BCUT2D eigenvalue weighted by Crippen LogP contribution is 2.28. The summed E-state index contributed by atoms with van der Waals surface area (Å²) < 4.78 is 10.9. The van der Waals surface area contributed by atoms with E-state index < -0.39 is 11.5 Å². The minimum Gasteiger partial charge on any atom is -0.492 e. The van der Waals surface area contributed by atoms with Crippen LogP contribution in [0.3, 0.4) is 0 Å². The summed E-state index contributed by atoms with van der Waals surface area (Å²) in [6.45, 7) is 1.03. The van der Waals surface area contributed by atoms with Crippen LogP contribution in [0.1, 0.15) is 18.4 Å². The number of carbonyl (C=O) groups excluding carboxylic acids is 1. The number of para-hydroxylation sites is 1. The molecule has 2 N–H and O–H groups in total. The van der Waals surface area contributed by atoms with E-state index in [0.717, 1.165) is 11.3 Å². The standard InChI is InChI=1S/C16H19NO5/c18-14(19)8-16(5-6-21-10-16)17-15(20)12-7-11-3-1-2-4-13(11)22-9-12/h1-4,12H,5-10H2,(H,17,20)(H,18,19). The minimum absolute atomic E-state index is 0.122. The van der Waals surface area contributed by atoms with E-state index in [1.807, 2.05) is 24.3 Å². The third kappa shape index (κ3) is 3.06. The second-order valence-electron chi connectivity index (χ2n) is 5.96. The molecule has 2 aliphatic rings. The molecule has 3 rings (SSSR count). The molecule has 0 spiro atoms. The van der Waals surface area contributed by atoms with Gasteiger partial charge in [0.05, 0.1) is 24.5 Å². The van der Waals surface area contributed by atoms with E-state index in [-0.39, 0.29) is 24.9 Å². The van der Waals surface area contributed by atoms with E-state index in [0.29, 0.717) is 26.1 Å². The maximum Gasteiger partial charge on any atom is 0.305 e. The van der Waals surface area contributed by atoms with Gasteiger partial charge in [-0.3, -0.25) is 9.59 Å². The van der Waals surface area contributed by atoms with Crippen molar-refractivity contribution in [3.8, 4) is 5.75 Å². The molecule has 6 heteroatoms. The van der Waals surface area contributed by atoms with Gasteiger partial charge < -0.3 is 19.9 Å². The number of aliphatic carboxylic acids is 1. The molecule has 0 aliphatic carbocycles. The number of nitrogens with one attached hydrogen (secondary N) is 1. The summed E-state index contributed by atoms with van der Waals surface area (Å²) in [5.74, 6) is -0.588. The highest BCUT2D eigenvalue weighted by atomic mass is 16.5. The highest BCUT2D eigenvalue weighted by Gasteiger charge is 2.40. The van der Waals surface area contributed by atoms with Gasteiger partial charge in [0.2, 0.25) is 5.91 Å². The van der Waals surface area contributed by atoms with Gasteiger partial charge >= 0.3 is 5.97 Å². The van der Waals surface area contributed by atoms with Gasteiger partial charge in [0.1, 0.15) is 12.4 Å². The third-order valence-corrected chi connectivity index (χ3v) is 4.23. The Morgan fingerprint density at radius 1 is 1.36 bits per heavy atom. The van der Waals surface area contributed by atoms with Crippen molar-refractivity contribution < 1.29 is 24.2 Å². The van der Waals surface area contributed by atoms with Gasteiger partial charge in [0.25, 0.3) is 0 Å². The summed E-state index contributed by atoms with van der Waals surface area (Å²) in [4.78, 5) is 23.6.